The number of aliphatic carboxylic acids is 1. The second-order valence-corrected chi connectivity index (χ2v) is 4.91. The van der Waals surface area contributed by atoms with Crippen molar-refractivity contribution < 1.29 is 19.4 Å². The second kappa shape index (κ2) is 6.56. The third-order valence-corrected chi connectivity index (χ3v) is 3.48. The van der Waals surface area contributed by atoms with Crippen LogP contribution < -0.4 is 5.32 Å². The van der Waals surface area contributed by atoms with Gasteiger partial charge in [-0.1, -0.05) is 13.0 Å². The van der Waals surface area contributed by atoms with Crippen molar-refractivity contribution in [2.45, 2.75) is 32.2 Å². The van der Waals surface area contributed by atoms with Crippen LogP contribution in [0.1, 0.15) is 26.7 Å². The molecule has 2 amide bonds. The van der Waals surface area contributed by atoms with Crippen LogP contribution in [-0.4, -0.2) is 54.4 Å². The Balaban J connectivity index is 2.59. The molecule has 6 heteroatoms. The molecule has 0 fully saturated rings. The monoisotopic (exact) mass is 270 g/mol. The molecule has 1 unspecified atom stereocenters. The number of ether oxygens (including phenoxy) is 1. The van der Waals surface area contributed by atoms with Gasteiger partial charge in [0.05, 0.1) is 6.61 Å². The number of rotatable bonds is 5. The Morgan fingerprint density at radius 3 is 2.68 bits per heavy atom. The SMILES string of the molecule is CCC(C)(NC(=O)N1CC=C(COC)CC1)C(=O)O. The summed E-state index contributed by atoms with van der Waals surface area (Å²) in [6.45, 7) is 4.91. The first-order chi connectivity index (χ1) is 8.92. The van der Waals surface area contributed by atoms with Gasteiger partial charge in [-0.05, 0) is 25.3 Å². The van der Waals surface area contributed by atoms with E-state index in [1.165, 1.54) is 12.5 Å². The van der Waals surface area contributed by atoms with Gasteiger partial charge in [0, 0.05) is 20.2 Å². The fraction of sp³-hybridized carbons (Fsp3) is 0.692. The minimum absolute atomic E-state index is 0.334. The molecule has 0 aromatic heterocycles. The minimum Gasteiger partial charge on any atom is -0.480 e. The molecular weight excluding hydrogens is 248 g/mol. The lowest BCUT2D eigenvalue weighted by atomic mass is 9.99. The molecule has 6 nitrogen and oxygen atoms in total. The standard InChI is InChI=1S/C13H22N2O4/c1-4-13(2,11(16)17)14-12(18)15-7-5-10(6-8-15)9-19-3/h5H,4,6-9H2,1-3H3,(H,14,18)(H,16,17). The summed E-state index contributed by atoms with van der Waals surface area (Å²) in [5.41, 5.74) is -0.0452. The number of carboxylic acid groups (broad SMARTS) is 1. The average Bonchev–Trinajstić information content (AvgIpc) is 2.39. The van der Waals surface area contributed by atoms with Crippen LogP contribution in [0.25, 0.3) is 0 Å². The molecule has 0 aliphatic carbocycles. The van der Waals surface area contributed by atoms with E-state index in [-0.39, 0.29) is 6.03 Å². The molecule has 1 heterocycles. The van der Waals surface area contributed by atoms with Gasteiger partial charge >= 0.3 is 12.0 Å². The highest BCUT2D eigenvalue weighted by Gasteiger charge is 2.34. The van der Waals surface area contributed by atoms with E-state index < -0.39 is 11.5 Å². The first-order valence-electron chi connectivity index (χ1n) is 6.40. The van der Waals surface area contributed by atoms with Gasteiger partial charge in [-0.2, -0.15) is 0 Å². The first-order valence-corrected chi connectivity index (χ1v) is 6.40. The summed E-state index contributed by atoms with van der Waals surface area (Å²) in [5, 5.41) is 11.7. The lowest BCUT2D eigenvalue weighted by Gasteiger charge is -2.31. The number of amides is 2. The second-order valence-electron chi connectivity index (χ2n) is 4.91. The largest absolute Gasteiger partial charge is 0.480 e. The summed E-state index contributed by atoms with van der Waals surface area (Å²) < 4.78 is 5.04. The van der Waals surface area contributed by atoms with Crippen LogP contribution in [0.4, 0.5) is 4.79 Å². The Bertz CT molecular complexity index is 381. The number of nitrogens with one attached hydrogen (secondary N) is 1. The zero-order valence-electron chi connectivity index (χ0n) is 11.7. The third-order valence-electron chi connectivity index (χ3n) is 3.48. The molecule has 1 aliphatic heterocycles. The molecule has 0 bridgehead atoms. The Kier molecular flexibility index (Phi) is 5.35. The zero-order valence-corrected chi connectivity index (χ0v) is 11.7. The number of methoxy groups -OCH3 is 1. The Morgan fingerprint density at radius 2 is 2.26 bits per heavy atom. The Labute approximate surface area is 113 Å². The van der Waals surface area contributed by atoms with E-state index in [4.69, 9.17) is 9.84 Å². The van der Waals surface area contributed by atoms with Crippen LogP contribution in [0.3, 0.4) is 0 Å². The van der Waals surface area contributed by atoms with Crippen molar-refractivity contribution in [3.8, 4) is 0 Å². The first kappa shape index (κ1) is 15.5. The quantitative estimate of drug-likeness (QED) is 0.736. The maximum absolute atomic E-state index is 12.0. The van der Waals surface area contributed by atoms with Gasteiger partial charge in [0.25, 0.3) is 0 Å². The molecule has 1 aliphatic rings. The summed E-state index contributed by atoms with van der Waals surface area (Å²) in [6, 6.07) is -0.334. The van der Waals surface area contributed by atoms with Crippen LogP contribution in [0.15, 0.2) is 11.6 Å². The van der Waals surface area contributed by atoms with E-state index >= 15 is 0 Å². The van der Waals surface area contributed by atoms with Gasteiger partial charge < -0.3 is 20.1 Å². The van der Waals surface area contributed by atoms with Crippen molar-refractivity contribution in [3.63, 3.8) is 0 Å². The van der Waals surface area contributed by atoms with E-state index in [1.54, 1.807) is 18.9 Å². The summed E-state index contributed by atoms with van der Waals surface area (Å²) in [4.78, 5) is 24.8. The fourth-order valence-corrected chi connectivity index (χ4v) is 1.82. The molecule has 0 aromatic rings. The number of carbonyl (C=O) groups excluding carboxylic acids is 1. The van der Waals surface area contributed by atoms with Crippen molar-refractivity contribution in [1.82, 2.24) is 10.2 Å². The molecule has 1 atom stereocenters. The molecule has 0 spiro atoms. The maximum Gasteiger partial charge on any atom is 0.329 e. The van der Waals surface area contributed by atoms with Crippen molar-refractivity contribution in [2.75, 3.05) is 26.8 Å². The number of hydrogen-bond donors (Lipinski definition) is 2. The lowest BCUT2D eigenvalue weighted by Crippen LogP contribution is -2.56. The van der Waals surface area contributed by atoms with Crippen LogP contribution in [0.2, 0.25) is 0 Å². The Hall–Kier alpha value is -1.56. The van der Waals surface area contributed by atoms with Crippen LogP contribution in [-0.2, 0) is 9.53 Å². The predicted molar refractivity (Wildman–Crippen MR) is 71.0 cm³/mol. The molecule has 19 heavy (non-hydrogen) atoms. The highest BCUT2D eigenvalue weighted by atomic mass is 16.5. The maximum atomic E-state index is 12.0. The van der Waals surface area contributed by atoms with Gasteiger partial charge in [0.15, 0.2) is 0 Å². The minimum atomic E-state index is -1.21. The van der Waals surface area contributed by atoms with Gasteiger partial charge in [-0.15, -0.1) is 0 Å². The normalized spacial score (nSPS) is 18.5. The smallest absolute Gasteiger partial charge is 0.329 e. The number of carbonyl (C=O) groups is 2. The molecule has 0 aromatic carbocycles. The number of carboxylic acids is 1. The highest BCUT2D eigenvalue weighted by Crippen LogP contribution is 2.14. The van der Waals surface area contributed by atoms with E-state index in [0.29, 0.717) is 26.1 Å². The topological polar surface area (TPSA) is 78.9 Å². The van der Waals surface area contributed by atoms with Crippen LogP contribution in [0, 0.1) is 0 Å². The van der Waals surface area contributed by atoms with Gasteiger partial charge in [0.2, 0.25) is 0 Å². The number of urea groups is 1. The summed E-state index contributed by atoms with van der Waals surface area (Å²) in [6.07, 6.45) is 3.06. The van der Waals surface area contributed by atoms with E-state index in [0.717, 1.165) is 6.42 Å². The third kappa shape index (κ3) is 3.96. The molecule has 0 radical (unpaired) electrons. The average molecular weight is 270 g/mol. The van der Waals surface area contributed by atoms with E-state index in [2.05, 4.69) is 5.32 Å². The summed E-state index contributed by atoms with van der Waals surface area (Å²) >= 11 is 0. The van der Waals surface area contributed by atoms with Gasteiger partial charge in [0.1, 0.15) is 5.54 Å². The van der Waals surface area contributed by atoms with E-state index in [1.807, 2.05) is 6.08 Å². The summed E-state index contributed by atoms with van der Waals surface area (Å²) in [7, 11) is 1.64. The van der Waals surface area contributed by atoms with Crippen LogP contribution in [0.5, 0.6) is 0 Å². The molecule has 2 N–H and O–H groups in total. The Morgan fingerprint density at radius 1 is 1.58 bits per heavy atom. The molecular formula is C13H22N2O4. The summed E-state index contributed by atoms with van der Waals surface area (Å²) in [5.74, 6) is -1.02. The van der Waals surface area contributed by atoms with Crippen molar-refractivity contribution in [1.29, 1.82) is 0 Å². The van der Waals surface area contributed by atoms with Crippen LogP contribution >= 0.6 is 0 Å². The zero-order chi connectivity index (χ0) is 14.5. The lowest BCUT2D eigenvalue weighted by molar-refractivity contribution is -0.143. The van der Waals surface area contributed by atoms with Gasteiger partial charge in [-0.25, -0.2) is 9.59 Å². The molecule has 0 saturated heterocycles. The highest BCUT2D eigenvalue weighted by molar-refractivity contribution is 5.86. The van der Waals surface area contributed by atoms with Gasteiger partial charge in [-0.3, -0.25) is 0 Å². The predicted octanol–water partition coefficient (Wildman–Crippen LogP) is 1.23. The number of nitrogens with zero attached hydrogens (tertiary/aromatic N) is 1. The van der Waals surface area contributed by atoms with Crippen molar-refractivity contribution >= 4 is 12.0 Å². The molecule has 1 rings (SSSR count). The van der Waals surface area contributed by atoms with Crippen molar-refractivity contribution in [2.24, 2.45) is 0 Å². The van der Waals surface area contributed by atoms with Crippen molar-refractivity contribution in [3.05, 3.63) is 11.6 Å². The molecule has 108 valence electrons. The number of hydrogen-bond acceptors (Lipinski definition) is 3. The van der Waals surface area contributed by atoms with E-state index in [9.17, 15) is 9.59 Å². The fourth-order valence-electron chi connectivity index (χ4n) is 1.82. The molecule has 0 saturated carbocycles.